The third-order valence-corrected chi connectivity index (χ3v) is 3.01. The molecular formula is C13H18ClN3OS. The van der Waals surface area contributed by atoms with E-state index in [1.54, 1.807) is 23.1 Å². The highest BCUT2D eigenvalue weighted by Crippen LogP contribution is 2.25. The topological polar surface area (TPSA) is 58.4 Å². The summed E-state index contributed by atoms with van der Waals surface area (Å²) in [6, 6.07) is 5.42. The molecule has 0 atom stereocenters. The van der Waals surface area contributed by atoms with E-state index in [4.69, 9.17) is 29.6 Å². The number of halogens is 1. The summed E-state index contributed by atoms with van der Waals surface area (Å²) in [4.78, 5) is 13.8. The Balaban J connectivity index is 2.80. The Bertz CT molecular complexity index is 491. The Morgan fingerprint density at radius 1 is 1.53 bits per heavy atom. The fourth-order valence-corrected chi connectivity index (χ4v) is 2.09. The van der Waals surface area contributed by atoms with Gasteiger partial charge >= 0.3 is 0 Å². The third-order valence-electron chi connectivity index (χ3n) is 2.47. The number of amides is 1. The molecule has 4 nitrogen and oxygen atoms in total. The summed E-state index contributed by atoms with van der Waals surface area (Å²) in [6.07, 6.45) is 0. The van der Waals surface area contributed by atoms with Gasteiger partial charge in [-0.2, -0.15) is 0 Å². The smallest absolute Gasteiger partial charge is 0.239 e. The van der Waals surface area contributed by atoms with E-state index in [2.05, 4.69) is 5.32 Å². The predicted molar refractivity (Wildman–Crippen MR) is 83.9 cm³/mol. The predicted octanol–water partition coefficient (Wildman–Crippen LogP) is 1.93. The molecule has 0 spiro atoms. The van der Waals surface area contributed by atoms with Gasteiger partial charge in [0, 0.05) is 18.7 Å². The van der Waals surface area contributed by atoms with Gasteiger partial charge in [0.25, 0.3) is 0 Å². The molecule has 0 bridgehead atoms. The first kappa shape index (κ1) is 15.7. The maximum atomic E-state index is 11.7. The van der Waals surface area contributed by atoms with Crippen molar-refractivity contribution in [1.29, 1.82) is 0 Å². The van der Waals surface area contributed by atoms with Gasteiger partial charge in [-0.1, -0.05) is 23.8 Å². The van der Waals surface area contributed by atoms with Gasteiger partial charge in [0.15, 0.2) is 0 Å². The van der Waals surface area contributed by atoms with E-state index in [1.165, 1.54) is 0 Å². The van der Waals surface area contributed by atoms with Crippen molar-refractivity contribution in [3.63, 3.8) is 0 Å². The molecule has 0 aliphatic carbocycles. The lowest BCUT2D eigenvalue weighted by Crippen LogP contribution is -2.38. The molecule has 0 heterocycles. The van der Waals surface area contributed by atoms with Crippen LogP contribution in [0.25, 0.3) is 0 Å². The monoisotopic (exact) mass is 299 g/mol. The molecule has 0 fully saturated rings. The molecule has 0 unspecified atom stereocenters. The van der Waals surface area contributed by atoms with Crippen LogP contribution in [0.15, 0.2) is 18.2 Å². The van der Waals surface area contributed by atoms with E-state index in [0.29, 0.717) is 15.6 Å². The lowest BCUT2D eigenvalue weighted by molar-refractivity contribution is -0.120. The van der Waals surface area contributed by atoms with E-state index in [-0.39, 0.29) is 18.5 Å². The molecule has 3 N–H and O–H groups in total. The molecule has 1 aromatic rings. The average molecular weight is 300 g/mol. The molecule has 0 aliphatic heterocycles. The second-order valence-electron chi connectivity index (χ2n) is 4.61. The molecule has 6 heteroatoms. The minimum Gasteiger partial charge on any atom is -0.389 e. The minimum atomic E-state index is -0.0491. The maximum Gasteiger partial charge on any atom is 0.239 e. The Hall–Kier alpha value is -1.33. The number of anilines is 1. The van der Waals surface area contributed by atoms with Gasteiger partial charge in [-0.05, 0) is 32.0 Å². The van der Waals surface area contributed by atoms with Gasteiger partial charge < -0.3 is 16.0 Å². The number of carbonyl (C=O) groups is 1. The van der Waals surface area contributed by atoms with E-state index in [1.807, 2.05) is 20.9 Å². The van der Waals surface area contributed by atoms with Crippen LogP contribution in [0.5, 0.6) is 0 Å². The zero-order valence-corrected chi connectivity index (χ0v) is 12.8. The molecule has 0 saturated heterocycles. The molecule has 0 radical (unpaired) electrons. The average Bonchev–Trinajstić information content (AvgIpc) is 2.26. The normalized spacial score (nSPS) is 10.4. The van der Waals surface area contributed by atoms with Crippen LogP contribution < -0.4 is 16.0 Å². The van der Waals surface area contributed by atoms with Crippen LogP contribution in [0, 0.1) is 0 Å². The Morgan fingerprint density at radius 2 is 2.16 bits per heavy atom. The van der Waals surface area contributed by atoms with Gasteiger partial charge in [0.05, 0.1) is 17.3 Å². The van der Waals surface area contributed by atoms with Crippen LogP contribution in [0.2, 0.25) is 5.02 Å². The summed E-state index contributed by atoms with van der Waals surface area (Å²) >= 11 is 11.1. The van der Waals surface area contributed by atoms with Crippen LogP contribution in [0.3, 0.4) is 0 Å². The molecule has 1 aromatic carbocycles. The second kappa shape index (κ2) is 6.73. The standard InChI is InChI=1S/C13H18ClN3OS/c1-8(2)16-12(18)7-17(3)11-5-4-9(13(15)19)6-10(11)14/h4-6,8H,7H2,1-3H3,(H2,15,19)(H,16,18). The second-order valence-corrected chi connectivity index (χ2v) is 5.46. The summed E-state index contributed by atoms with van der Waals surface area (Å²) < 4.78 is 0. The Labute approximate surface area is 123 Å². The number of hydrogen-bond acceptors (Lipinski definition) is 3. The molecule has 104 valence electrons. The third kappa shape index (κ3) is 4.69. The summed E-state index contributed by atoms with van der Waals surface area (Å²) in [6.45, 7) is 4.08. The van der Waals surface area contributed by atoms with E-state index in [9.17, 15) is 4.79 Å². The highest BCUT2D eigenvalue weighted by atomic mass is 35.5. The number of likely N-dealkylation sites (N-methyl/N-ethyl adjacent to an activating group) is 1. The van der Waals surface area contributed by atoms with Crippen molar-refractivity contribution in [2.75, 3.05) is 18.5 Å². The zero-order valence-electron chi connectivity index (χ0n) is 11.2. The lowest BCUT2D eigenvalue weighted by Gasteiger charge is -2.21. The molecule has 19 heavy (non-hydrogen) atoms. The van der Waals surface area contributed by atoms with Crippen molar-refractivity contribution in [3.8, 4) is 0 Å². The van der Waals surface area contributed by atoms with Crippen molar-refractivity contribution in [3.05, 3.63) is 28.8 Å². The number of nitrogens with zero attached hydrogens (tertiary/aromatic N) is 1. The molecule has 1 amide bonds. The molecule has 1 rings (SSSR count). The van der Waals surface area contributed by atoms with Crippen LogP contribution >= 0.6 is 23.8 Å². The van der Waals surface area contributed by atoms with Gasteiger partial charge in [0.2, 0.25) is 5.91 Å². The number of thiocarbonyl (C=S) groups is 1. The van der Waals surface area contributed by atoms with Gasteiger partial charge in [0.1, 0.15) is 4.99 Å². The largest absolute Gasteiger partial charge is 0.389 e. The number of carbonyl (C=O) groups excluding carboxylic acids is 1. The van der Waals surface area contributed by atoms with Gasteiger partial charge in [-0.25, -0.2) is 0 Å². The van der Waals surface area contributed by atoms with Crippen molar-refractivity contribution < 1.29 is 4.79 Å². The lowest BCUT2D eigenvalue weighted by atomic mass is 10.2. The summed E-state index contributed by atoms with van der Waals surface area (Å²) in [5.41, 5.74) is 7.02. The number of nitrogens with one attached hydrogen (secondary N) is 1. The van der Waals surface area contributed by atoms with Gasteiger partial charge in [-0.15, -0.1) is 0 Å². The van der Waals surface area contributed by atoms with Crippen molar-refractivity contribution in [2.45, 2.75) is 19.9 Å². The zero-order chi connectivity index (χ0) is 14.6. The number of rotatable bonds is 5. The highest BCUT2D eigenvalue weighted by molar-refractivity contribution is 7.80. The van der Waals surface area contributed by atoms with Crippen LogP contribution in [0.1, 0.15) is 19.4 Å². The van der Waals surface area contributed by atoms with Crippen molar-refractivity contribution in [2.24, 2.45) is 5.73 Å². The van der Waals surface area contributed by atoms with Gasteiger partial charge in [-0.3, -0.25) is 4.79 Å². The van der Waals surface area contributed by atoms with E-state index in [0.717, 1.165) is 5.69 Å². The molecule has 0 aliphatic rings. The highest BCUT2D eigenvalue weighted by Gasteiger charge is 2.12. The quantitative estimate of drug-likeness (QED) is 0.816. The SMILES string of the molecule is CC(C)NC(=O)CN(C)c1ccc(C(N)=S)cc1Cl. The van der Waals surface area contributed by atoms with Crippen LogP contribution in [-0.4, -0.2) is 30.5 Å². The first-order valence-electron chi connectivity index (χ1n) is 5.91. The summed E-state index contributed by atoms with van der Waals surface area (Å²) in [5.74, 6) is -0.0491. The first-order valence-corrected chi connectivity index (χ1v) is 6.69. The Morgan fingerprint density at radius 3 is 2.63 bits per heavy atom. The maximum absolute atomic E-state index is 11.7. The van der Waals surface area contributed by atoms with E-state index < -0.39 is 0 Å². The summed E-state index contributed by atoms with van der Waals surface area (Å²) in [5, 5.41) is 3.35. The van der Waals surface area contributed by atoms with Crippen LogP contribution in [0.4, 0.5) is 5.69 Å². The molecule has 0 aromatic heterocycles. The fourth-order valence-electron chi connectivity index (χ4n) is 1.64. The number of nitrogens with two attached hydrogens (primary N) is 1. The molecule has 0 saturated carbocycles. The number of benzene rings is 1. The van der Waals surface area contributed by atoms with Crippen molar-refractivity contribution >= 4 is 40.4 Å². The van der Waals surface area contributed by atoms with Crippen LogP contribution in [-0.2, 0) is 4.79 Å². The number of hydrogen-bond donors (Lipinski definition) is 2. The summed E-state index contributed by atoms with van der Waals surface area (Å²) in [7, 11) is 1.81. The fraction of sp³-hybridized carbons (Fsp3) is 0.385. The van der Waals surface area contributed by atoms with Crippen molar-refractivity contribution in [1.82, 2.24) is 5.32 Å². The minimum absolute atomic E-state index is 0.0491. The Kier molecular flexibility index (Phi) is 5.57. The van der Waals surface area contributed by atoms with E-state index >= 15 is 0 Å². The molecular weight excluding hydrogens is 282 g/mol. The first-order chi connectivity index (χ1) is 8.81.